The lowest BCUT2D eigenvalue weighted by Crippen LogP contribution is -2.21. The van der Waals surface area contributed by atoms with Crippen LogP contribution in [0.15, 0.2) is 24.3 Å². The van der Waals surface area contributed by atoms with Crippen LogP contribution in [0.4, 0.5) is 0 Å². The summed E-state index contributed by atoms with van der Waals surface area (Å²) in [7, 11) is -3.54. The molecule has 1 rings (SSSR count). The normalized spacial score (nSPS) is 12.2. The minimum atomic E-state index is -3.54. The summed E-state index contributed by atoms with van der Waals surface area (Å²) in [6, 6.07) is 6.37. The first-order valence-electron chi connectivity index (χ1n) is 5.32. The van der Waals surface area contributed by atoms with Crippen molar-refractivity contribution in [3.8, 4) is 5.75 Å². The molecule has 0 fully saturated rings. The number of rotatable bonds is 5. The number of hydrogen-bond donors (Lipinski definition) is 1. The molecular formula is C12H16O5S. The summed E-state index contributed by atoms with van der Waals surface area (Å²) in [5.74, 6) is -0.663. The molecule has 0 spiro atoms. The average molecular weight is 272 g/mol. The summed E-state index contributed by atoms with van der Waals surface area (Å²) in [5.41, 5.74) is 0.292. The largest absolute Gasteiger partial charge is 0.481 e. The maximum atomic E-state index is 10.9. The molecule has 1 aromatic rings. The van der Waals surface area contributed by atoms with Crippen molar-refractivity contribution in [2.45, 2.75) is 25.7 Å². The zero-order chi connectivity index (χ0) is 14.0. The third-order valence-electron chi connectivity index (χ3n) is 2.48. The minimum Gasteiger partial charge on any atom is -0.481 e. The van der Waals surface area contributed by atoms with Crippen molar-refractivity contribution < 1.29 is 22.5 Å². The van der Waals surface area contributed by atoms with Crippen LogP contribution >= 0.6 is 0 Å². The molecule has 0 heterocycles. The standard InChI is InChI=1S/C12H16O5S/c1-12(2,8-11(13)14)9-4-6-10(7-5-9)17-18(3,15)16/h4-7H,8H2,1-3H3,(H,13,14). The van der Waals surface area contributed by atoms with Gasteiger partial charge >= 0.3 is 16.1 Å². The molecule has 0 unspecified atom stereocenters. The Balaban J connectivity index is 2.92. The SMILES string of the molecule is CC(C)(CC(=O)O)c1ccc(OS(C)(=O)=O)cc1. The van der Waals surface area contributed by atoms with Crippen molar-refractivity contribution in [3.05, 3.63) is 29.8 Å². The molecule has 0 saturated carbocycles. The minimum absolute atomic E-state index is 0.000714. The van der Waals surface area contributed by atoms with Crippen LogP contribution in [-0.4, -0.2) is 25.7 Å². The fourth-order valence-corrected chi connectivity index (χ4v) is 2.08. The van der Waals surface area contributed by atoms with Crippen LogP contribution in [0.3, 0.4) is 0 Å². The maximum absolute atomic E-state index is 10.9. The Morgan fingerprint density at radius 1 is 1.28 bits per heavy atom. The molecule has 100 valence electrons. The van der Waals surface area contributed by atoms with Crippen molar-refractivity contribution in [2.75, 3.05) is 6.26 Å². The molecular weight excluding hydrogens is 256 g/mol. The van der Waals surface area contributed by atoms with Crippen molar-refractivity contribution in [2.24, 2.45) is 0 Å². The zero-order valence-corrected chi connectivity index (χ0v) is 11.3. The van der Waals surface area contributed by atoms with E-state index in [0.29, 0.717) is 0 Å². The second-order valence-electron chi connectivity index (χ2n) is 4.77. The van der Waals surface area contributed by atoms with Gasteiger partial charge in [-0.25, -0.2) is 0 Å². The molecule has 0 bridgehead atoms. The number of aliphatic carboxylic acids is 1. The highest BCUT2D eigenvalue weighted by molar-refractivity contribution is 7.86. The highest BCUT2D eigenvalue weighted by atomic mass is 32.2. The van der Waals surface area contributed by atoms with Gasteiger partial charge in [-0.1, -0.05) is 26.0 Å². The molecule has 18 heavy (non-hydrogen) atoms. The molecule has 5 nitrogen and oxygen atoms in total. The first kappa shape index (κ1) is 14.5. The van der Waals surface area contributed by atoms with Gasteiger partial charge in [0.05, 0.1) is 12.7 Å². The van der Waals surface area contributed by atoms with Crippen molar-refractivity contribution >= 4 is 16.1 Å². The molecule has 0 aromatic heterocycles. The van der Waals surface area contributed by atoms with Crippen LogP contribution in [0.25, 0.3) is 0 Å². The van der Waals surface area contributed by atoms with Gasteiger partial charge in [0, 0.05) is 5.41 Å². The Morgan fingerprint density at radius 3 is 2.17 bits per heavy atom. The molecule has 1 aromatic carbocycles. The Kier molecular flexibility index (Phi) is 4.01. The Labute approximate surface area is 107 Å². The van der Waals surface area contributed by atoms with Crippen LogP contribution in [0.5, 0.6) is 5.75 Å². The van der Waals surface area contributed by atoms with Gasteiger partial charge in [-0.2, -0.15) is 8.42 Å². The van der Waals surface area contributed by atoms with E-state index in [-0.39, 0.29) is 12.2 Å². The quantitative estimate of drug-likeness (QED) is 0.826. The third-order valence-corrected chi connectivity index (χ3v) is 2.97. The Bertz CT molecular complexity index is 528. The van der Waals surface area contributed by atoms with Gasteiger partial charge in [-0.15, -0.1) is 0 Å². The van der Waals surface area contributed by atoms with E-state index in [4.69, 9.17) is 9.29 Å². The highest BCUT2D eigenvalue weighted by Crippen LogP contribution is 2.28. The van der Waals surface area contributed by atoms with Gasteiger partial charge < -0.3 is 9.29 Å². The molecule has 0 saturated heterocycles. The van der Waals surface area contributed by atoms with E-state index in [2.05, 4.69) is 0 Å². The van der Waals surface area contributed by atoms with Gasteiger partial charge in [-0.3, -0.25) is 4.79 Å². The summed E-state index contributed by atoms with van der Waals surface area (Å²) >= 11 is 0. The molecule has 6 heteroatoms. The van der Waals surface area contributed by atoms with Gasteiger partial charge in [0.25, 0.3) is 0 Å². The van der Waals surface area contributed by atoms with Gasteiger partial charge in [0.2, 0.25) is 0 Å². The van der Waals surface area contributed by atoms with E-state index < -0.39 is 21.5 Å². The number of benzene rings is 1. The second-order valence-corrected chi connectivity index (χ2v) is 6.34. The topological polar surface area (TPSA) is 80.7 Å². The number of hydrogen-bond acceptors (Lipinski definition) is 4. The van der Waals surface area contributed by atoms with E-state index in [9.17, 15) is 13.2 Å². The predicted octanol–water partition coefficient (Wildman–Crippen LogP) is 1.78. The van der Waals surface area contributed by atoms with E-state index >= 15 is 0 Å². The lowest BCUT2D eigenvalue weighted by molar-refractivity contribution is -0.138. The van der Waals surface area contributed by atoms with Crippen molar-refractivity contribution in [1.29, 1.82) is 0 Å². The molecule has 0 amide bonds. The molecule has 0 aliphatic carbocycles. The lowest BCUT2D eigenvalue weighted by atomic mass is 9.82. The summed E-state index contributed by atoms with van der Waals surface area (Å²) in [4.78, 5) is 10.7. The maximum Gasteiger partial charge on any atom is 0.306 e. The summed E-state index contributed by atoms with van der Waals surface area (Å²) in [5, 5.41) is 8.81. The van der Waals surface area contributed by atoms with Crippen LogP contribution in [0.1, 0.15) is 25.8 Å². The first-order chi connectivity index (χ1) is 8.10. The third kappa shape index (κ3) is 4.37. The van der Waals surface area contributed by atoms with Crippen LogP contribution < -0.4 is 4.18 Å². The van der Waals surface area contributed by atoms with Crippen LogP contribution in [-0.2, 0) is 20.3 Å². The van der Waals surface area contributed by atoms with Crippen molar-refractivity contribution in [1.82, 2.24) is 0 Å². The molecule has 0 aliphatic rings. The summed E-state index contributed by atoms with van der Waals surface area (Å²) in [6.45, 7) is 3.63. The molecule has 0 radical (unpaired) electrons. The lowest BCUT2D eigenvalue weighted by Gasteiger charge is -2.23. The average Bonchev–Trinajstić information content (AvgIpc) is 2.13. The molecule has 0 atom stereocenters. The van der Waals surface area contributed by atoms with Gasteiger partial charge in [0.15, 0.2) is 0 Å². The number of carboxylic acids is 1. The molecule has 1 N–H and O–H groups in total. The van der Waals surface area contributed by atoms with Gasteiger partial charge in [-0.05, 0) is 17.7 Å². The van der Waals surface area contributed by atoms with Crippen molar-refractivity contribution in [3.63, 3.8) is 0 Å². The van der Waals surface area contributed by atoms with Crippen LogP contribution in [0.2, 0.25) is 0 Å². The van der Waals surface area contributed by atoms with E-state index in [1.165, 1.54) is 12.1 Å². The number of carbonyl (C=O) groups is 1. The summed E-state index contributed by atoms with van der Waals surface area (Å²) < 4.78 is 26.6. The van der Waals surface area contributed by atoms with E-state index in [0.717, 1.165) is 11.8 Å². The summed E-state index contributed by atoms with van der Waals surface area (Å²) in [6.07, 6.45) is 0.967. The molecule has 0 aliphatic heterocycles. The van der Waals surface area contributed by atoms with E-state index in [1.54, 1.807) is 12.1 Å². The van der Waals surface area contributed by atoms with Gasteiger partial charge in [0.1, 0.15) is 5.75 Å². The van der Waals surface area contributed by atoms with E-state index in [1.807, 2.05) is 13.8 Å². The smallest absolute Gasteiger partial charge is 0.306 e. The Morgan fingerprint density at radius 2 is 1.78 bits per heavy atom. The predicted molar refractivity (Wildman–Crippen MR) is 67.2 cm³/mol. The van der Waals surface area contributed by atoms with Crippen LogP contribution in [0, 0.1) is 0 Å². The first-order valence-corrected chi connectivity index (χ1v) is 7.14. The Hall–Kier alpha value is -1.56. The highest BCUT2D eigenvalue weighted by Gasteiger charge is 2.24. The number of carboxylic acid groups (broad SMARTS) is 1. The second kappa shape index (κ2) is 4.97. The fourth-order valence-electron chi connectivity index (χ4n) is 1.62. The zero-order valence-electron chi connectivity index (χ0n) is 10.5. The fraction of sp³-hybridized carbons (Fsp3) is 0.417. The monoisotopic (exact) mass is 272 g/mol.